The lowest BCUT2D eigenvalue weighted by atomic mass is 9.85. The minimum atomic E-state index is -0.315. The predicted octanol–water partition coefficient (Wildman–Crippen LogP) is 2.02. The van der Waals surface area contributed by atoms with Gasteiger partial charge in [0, 0.05) is 0 Å². The first-order valence-corrected chi connectivity index (χ1v) is 5.30. The van der Waals surface area contributed by atoms with Crippen molar-refractivity contribution in [2.24, 2.45) is 5.73 Å². The Morgan fingerprint density at radius 1 is 1.38 bits per heavy atom. The number of rotatable bonds is 3. The Hall–Kier alpha value is -1.51. The molecule has 1 aromatic carbocycles. The summed E-state index contributed by atoms with van der Waals surface area (Å²) in [6.07, 6.45) is 0.271. The van der Waals surface area contributed by atoms with Crippen molar-refractivity contribution in [2.75, 3.05) is 7.11 Å². The van der Waals surface area contributed by atoms with Crippen molar-refractivity contribution in [2.45, 2.75) is 32.6 Å². The molecule has 1 aromatic rings. The molecular weight excluding hydrogens is 202 g/mol. The Morgan fingerprint density at radius 3 is 2.44 bits per heavy atom. The Morgan fingerprint density at radius 2 is 2.00 bits per heavy atom. The molecule has 0 saturated heterocycles. The van der Waals surface area contributed by atoms with E-state index in [1.54, 1.807) is 7.11 Å². The average Bonchev–Trinajstić information content (AvgIpc) is 2.15. The fourth-order valence-electron chi connectivity index (χ4n) is 1.65. The van der Waals surface area contributed by atoms with Gasteiger partial charge in [0.25, 0.3) is 0 Å². The Kier molecular flexibility index (Phi) is 3.58. The van der Waals surface area contributed by atoms with E-state index in [1.807, 2.05) is 18.2 Å². The first-order chi connectivity index (χ1) is 7.34. The molecule has 0 heterocycles. The summed E-state index contributed by atoms with van der Waals surface area (Å²) >= 11 is 0. The van der Waals surface area contributed by atoms with E-state index in [1.165, 1.54) is 0 Å². The molecule has 0 spiro atoms. The van der Waals surface area contributed by atoms with E-state index >= 15 is 0 Å². The Labute approximate surface area is 96.6 Å². The number of carbonyl (C=O) groups excluding carboxylic acids is 1. The molecule has 3 nitrogen and oxygen atoms in total. The first kappa shape index (κ1) is 12.6. The summed E-state index contributed by atoms with van der Waals surface area (Å²) in [4.78, 5) is 10.9. The van der Waals surface area contributed by atoms with Crippen molar-refractivity contribution in [3.05, 3.63) is 29.3 Å². The molecule has 1 amide bonds. The lowest BCUT2D eigenvalue weighted by Crippen LogP contribution is -2.16. The van der Waals surface area contributed by atoms with Crippen LogP contribution in [0.25, 0.3) is 0 Å². The SMILES string of the molecule is COc1ccc(CC(N)=O)cc1C(C)(C)C. The van der Waals surface area contributed by atoms with Crippen molar-refractivity contribution >= 4 is 5.91 Å². The molecule has 0 aliphatic carbocycles. The number of hydrogen-bond acceptors (Lipinski definition) is 2. The molecule has 0 unspecified atom stereocenters. The number of methoxy groups -OCH3 is 1. The van der Waals surface area contributed by atoms with Crippen LogP contribution in [0.1, 0.15) is 31.9 Å². The van der Waals surface area contributed by atoms with Crippen LogP contribution in [0, 0.1) is 0 Å². The largest absolute Gasteiger partial charge is 0.496 e. The normalized spacial score (nSPS) is 11.2. The monoisotopic (exact) mass is 221 g/mol. The van der Waals surface area contributed by atoms with E-state index in [2.05, 4.69) is 20.8 Å². The number of carbonyl (C=O) groups is 1. The van der Waals surface area contributed by atoms with Gasteiger partial charge >= 0.3 is 0 Å². The molecule has 2 N–H and O–H groups in total. The third-order valence-corrected chi connectivity index (χ3v) is 2.45. The molecular formula is C13H19NO2. The molecule has 0 fully saturated rings. The molecule has 3 heteroatoms. The summed E-state index contributed by atoms with van der Waals surface area (Å²) in [6.45, 7) is 6.33. The van der Waals surface area contributed by atoms with Gasteiger partial charge in [-0.2, -0.15) is 0 Å². The maximum absolute atomic E-state index is 10.9. The van der Waals surface area contributed by atoms with Crippen molar-refractivity contribution in [1.82, 2.24) is 0 Å². The second kappa shape index (κ2) is 4.56. The number of amides is 1. The van der Waals surface area contributed by atoms with Gasteiger partial charge in [0.05, 0.1) is 13.5 Å². The summed E-state index contributed by atoms with van der Waals surface area (Å²) in [5, 5.41) is 0. The smallest absolute Gasteiger partial charge is 0.221 e. The molecule has 0 atom stereocenters. The first-order valence-electron chi connectivity index (χ1n) is 5.30. The van der Waals surface area contributed by atoms with Crippen LogP contribution in [0.2, 0.25) is 0 Å². The summed E-state index contributed by atoms with van der Waals surface area (Å²) in [7, 11) is 1.65. The number of ether oxygens (including phenoxy) is 1. The lowest BCUT2D eigenvalue weighted by Gasteiger charge is -2.22. The second-order valence-corrected chi connectivity index (χ2v) is 4.93. The number of hydrogen-bond donors (Lipinski definition) is 1. The van der Waals surface area contributed by atoms with E-state index in [0.29, 0.717) is 0 Å². The molecule has 0 radical (unpaired) electrons. The Bertz CT molecular complexity index is 391. The van der Waals surface area contributed by atoms with Gasteiger partial charge in [0.1, 0.15) is 5.75 Å². The van der Waals surface area contributed by atoms with Crippen molar-refractivity contribution in [1.29, 1.82) is 0 Å². The van der Waals surface area contributed by atoms with Gasteiger partial charge in [-0.05, 0) is 22.6 Å². The molecule has 0 aliphatic heterocycles. The van der Waals surface area contributed by atoms with Crippen LogP contribution in [-0.2, 0) is 16.6 Å². The fraction of sp³-hybridized carbons (Fsp3) is 0.462. The van der Waals surface area contributed by atoms with Crippen LogP contribution in [0.3, 0.4) is 0 Å². The zero-order chi connectivity index (χ0) is 12.3. The quantitative estimate of drug-likeness (QED) is 0.849. The minimum Gasteiger partial charge on any atom is -0.496 e. The number of nitrogens with two attached hydrogens (primary N) is 1. The highest BCUT2D eigenvalue weighted by atomic mass is 16.5. The lowest BCUT2D eigenvalue weighted by molar-refractivity contribution is -0.117. The molecule has 1 rings (SSSR count). The zero-order valence-electron chi connectivity index (χ0n) is 10.3. The van der Waals surface area contributed by atoms with Gasteiger partial charge in [-0.3, -0.25) is 4.79 Å². The van der Waals surface area contributed by atoms with Crippen molar-refractivity contribution in [3.8, 4) is 5.75 Å². The van der Waals surface area contributed by atoms with E-state index in [9.17, 15) is 4.79 Å². The van der Waals surface area contributed by atoms with E-state index < -0.39 is 0 Å². The summed E-state index contributed by atoms with van der Waals surface area (Å²) in [5.74, 6) is 0.533. The average molecular weight is 221 g/mol. The van der Waals surface area contributed by atoms with Gasteiger partial charge in [0.15, 0.2) is 0 Å². The maximum atomic E-state index is 10.9. The van der Waals surface area contributed by atoms with Crippen LogP contribution in [0.15, 0.2) is 18.2 Å². The van der Waals surface area contributed by atoms with Crippen molar-refractivity contribution in [3.63, 3.8) is 0 Å². The number of primary amides is 1. The van der Waals surface area contributed by atoms with Crippen LogP contribution in [-0.4, -0.2) is 13.0 Å². The molecule has 16 heavy (non-hydrogen) atoms. The molecule has 0 aromatic heterocycles. The minimum absolute atomic E-state index is 0.0149. The number of benzene rings is 1. The summed E-state index contributed by atoms with van der Waals surface area (Å²) in [6, 6.07) is 5.75. The summed E-state index contributed by atoms with van der Waals surface area (Å²) in [5.41, 5.74) is 7.19. The molecule has 0 bridgehead atoms. The second-order valence-electron chi connectivity index (χ2n) is 4.93. The third kappa shape index (κ3) is 2.99. The van der Waals surface area contributed by atoms with E-state index in [0.717, 1.165) is 16.9 Å². The Balaban J connectivity index is 3.16. The van der Waals surface area contributed by atoms with E-state index in [-0.39, 0.29) is 17.7 Å². The van der Waals surface area contributed by atoms with Crippen LogP contribution in [0.4, 0.5) is 0 Å². The predicted molar refractivity (Wildman–Crippen MR) is 64.6 cm³/mol. The molecule has 88 valence electrons. The topological polar surface area (TPSA) is 52.3 Å². The highest BCUT2D eigenvalue weighted by Gasteiger charge is 2.19. The standard InChI is InChI=1S/C13H19NO2/c1-13(2,3)10-7-9(8-12(14)15)5-6-11(10)16-4/h5-7H,8H2,1-4H3,(H2,14,15). The third-order valence-electron chi connectivity index (χ3n) is 2.45. The highest BCUT2D eigenvalue weighted by molar-refractivity contribution is 5.76. The maximum Gasteiger partial charge on any atom is 0.221 e. The van der Waals surface area contributed by atoms with Gasteiger partial charge in [0.2, 0.25) is 5.91 Å². The zero-order valence-corrected chi connectivity index (χ0v) is 10.3. The molecule has 0 saturated carbocycles. The van der Waals surface area contributed by atoms with Gasteiger partial charge in [-0.25, -0.2) is 0 Å². The van der Waals surface area contributed by atoms with Gasteiger partial charge < -0.3 is 10.5 Å². The van der Waals surface area contributed by atoms with Crippen LogP contribution in [0.5, 0.6) is 5.75 Å². The highest BCUT2D eigenvalue weighted by Crippen LogP contribution is 2.31. The van der Waals surface area contributed by atoms with Gasteiger partial charge in [-0.15, -0.1) is 0 Å². The van der Waals surface area contributed by atoms with Gasteiger partial charge in [-0.1, -0.05) is 32.9 Å². The van der Waals surface area contributed by atoms with Crippen LogP contribution < -0.4 is 10.5 Å². The fourth-order valence-corrected chi connectivity index (χ4v) is 1.65. The molecule has 0 aliphatic rings. The van der Waals surface area contributed by atoms with E-state index in [4.69, 9.17) is 10.5 Å². The van der Waals surface area contributed by atoms with Crippen LogP contribution >= 0.6 is 0 Å². The van der Waals surface area contributed by atoms with Crippen molar-refractivity contribution < 1.29 is 9.53 Å². The summed E-state index contributed by atoms with van der Waals surface area (Å²) < 4.78 is 5.32.